The van der Waals surface area contributed by atoms with Crippen molar-refractivity contribution in [1.82, 2.24) is 0 Å². The number of hydrogen-bond acceptors (Lipinski definition) is 4. The van der Waals surface area contributed by atoms with Gasteiger partial charge in [0.05, 0.1) is 27.8 Å². The van der Waals surface area contributed by atoms with Crippen LogP contribution < -0.4 is 10.2 Å². The molecule has 1 heterocycles. The standard InChI is InChI=1S/C27H25N3O3/c1-2-29(18-10-4-3-5-11-18)27(31)23-16-9-15-21-19-13-8-14-20(19)25(28-26(21)23)22-12-6-7-17-24(22)30(32)33/h3-13,15-17,19-20,25,28H,2,14H2,1H3. The Bertz CT molecular complexity index is 1240. The maximum absolute atomic E-state index is 13.7. The molecule has 2 aliphatic rings. The van der Waals surface area contributed by atoms with Gasteiger partial charge in [0.25, 0.3) is 11.6 Å². The van der Waals surface area contributed by atoms with E-state index in [0.29, 0.717) is 17.7 Å². The van der Waals surface area contributed by atoms with Crippen LogP contribution in [0.2, 0.25) is 0 Å². The van der Waals surface area contributed by atoms with Crippen LogP contribution >= 0.6 is 0 Å². The molecule has 6 nitrogen and oxygen atoms in total. The van der Waals surface area contributed by atoms with Gasteiger partial charge in [0.1, 0.15) is 0 Å². The zero-order valence-electron chi connectivity index (χ0n) is 18.3. The molecule has 3 aromatic rings. The van der Waals surface area contributed by atoms with E-state index in [1.807, 2.05) is 61.5 Å². The first-order valence-electron chi connectivity index (χ1n) is 11.3. The molecule has 0 bridgehead atoms. The third-order valence-electron chi connectivity index (χ3n) is 6.72. The van der Waals surface area contributed by atoms with Gasteiger partial charge in [-0.05, 0) is 43.0 Å². The number of allylic oxidation sites excluding steroid dienone is 2. The molecular weight excluding hydrogens is 414 g/mol. The SMILES string of the molecule is CCN(C(=O)c1cccc2c1NC(c1ccccc1[N+](=O)[O-])C1CC=CC21)c1ccccc1. The molecule has 0 aromatic heterocycles. The molecule has 166 valence electrons. The van der Waals surface area contributed by atoms with E-state index >= 15 is 0 Å². The van der Waals surface area contributed by atoms with Crippen LogP contribution in [0.5, 0.6) is 0 Å². The summed E-state index contributed by atoms with van der Waals surface area (Å²) in [6.07, 6.45) is 5.15. The molecule has 1 aliphatic carbocycles. The summed E-state index contributed by atoms with van der Waals surface area (Å²) in [5.74, 6) is 0.167. The molecule has 0 fully saturated rings. The summed E-state index contributed by atoms with van der Waals surface area (Å²) in [6, 6.07) is 22.1. The lowest BCUT2D eigenvalue weighted by Gasteiger charge is -2.38. The minimum absolute atomic E-state index is 0.0882. The molecule has 5 rings (SSSR count). The van der Waals surface area contributed by atoms with Gasteiger partial charge < -0.3 is 10.2 Å². The number of nitrogens with one attached hydrogen (secondary N) is 1. The molecule has 0 saturated carbocycles. The monoisotopic (exact) mass is 439 g/mol. The summed E-state index contributed by atoms with van der Waals surface area (Å²) >= 11 is 0. The van der Waals surface area contributed by atoms with E-state index in [1.165, 1.54) is 0 Å². The zero-order valence-corrected chi connectivity index (χ0v) is 18.3. The maximum atomic E-state index is 13.7. The quantitative estimate of drug-likeness (QED) is 0.297. The second-order valence-corrected chi connectivity index (χ2v) is 8.45. The molecular formula is C27H25N3O3. The third-order valence-corrected chi connectivity index (χ3v) is 6.72. The van der Waals surface area contributed by atoms with Crippen LogP contribution in [-0.4, -0.2) is 17.4 Å². The first-order chi connectivity index (χ1) is 16.1. The van der Waals surface area contributed by atoms with Crippen molar-refractivity contribution in [3.8, 4) is 0 Å². The Labute approximate surface area is 192 Å². The smallest absolute Gasteiger partial charge is 0.274 e. The third kappa shape index (κ3) is 3.57. The zero-order chi connectivity index (χ0) is 22.9. The summed E-state index contributed by atoms with van der Waals surface area (Å²) in [5.41, 5.74) is 4.02. The van der Waals surface area contributed by atoms with E-state index in [1.54, 1.807) is 17.0 Å². The number of anilines is 2. The van der Waals surface area contributed by atoms with Gasteiger partial charge in [-0.2, -0.15) is 0 Å². The van der Waals surface area contributed by atoms with Crippen LogP contribution in [-0.2, 0) is 0 Å². The predicted molar refractivity (Wildman–Crippen MR) is 130 cm³/mol. The average molecular weight is 440 g/mol. The number of nitro benzene ring substituents is 1. The van der Waals surface area contributed by atoms with Crippen LogP contribution in [0.4, 0.5) is 17.1 Å². The highest BCUT2D eigenvalue weighted by molar-refractivity contribution is 6.10. The Kier molecular flexibility index (Phi) is 5.42. The molecule has 0 saturated heterocycles. The van der Waals surface area contributed by atoms with E-state index < -0.39 is 0 Å². The van der Waals surface area contributed by atoms with Crippen molar-refractivity contribution in [3.05, 3.63) is 112 Å². The number of nitro groups is 1. The fourth-order valence-corrected chi connectivity index (χ4v) is 5.22. The minimum Gasteiger partial charge on any atom is -0.377 e. The van der Waals surface area contributed by atoms with E-state index in [4.69, 9.17) is 0 Å². The second kappa shape index (κ2) is 8.54. The van der Waals surface area contributed by atoms with Crippen LogP contribution in [0.15, 0.2) is 84.9 Å². The van der Waals surface area contributed by atoms with E-state index in [0.717, 1.165) is 23.4 Å². The molecule has 3 atom stereocenters. The lowest BCUT2D eigenvalue weighted by atomic mass is 9.76. The highest BCUT2D eigenvalue weighted by Gasteiger charge is 2.41. The van der Waals surface area contributed by atoms with Crippen LogP contribution in [0.3, 0.4) is 0 Å². The maximum Gasteiger partial charge on any atom is 0.274 e. The van der Waals surface area contributed by atoms with Gasteiger partial charge in [-0.3, -0.25) is 14.9 Å². The summed E-state index contributed by atoms with van der Waals surface area (Å²) in [4.78, 5) is 26.9. The Morgan fingerprint density at radius 3 is 2.52 bits per heavy atom. The van der Waals surface area contributed by atoms with Crippen molar-refractivity contribution >= 4 is 23.0 Å². The fourth-order valence-electron chi connectivity index (χ4n) is 5.22. The van der Waals surface area contributed by atoms with Crippen molar-refractivity contribution in [2.24, 2.45) is 5.92 Å². The lowest BCUT2D eigenvalue weighted by molar-refractivity contribution is -0.385. The summed E-state index contributed by atoms with van der Waals surface area (Å²) in [5, 5.41) is 15.3. The molecule has 33 heavy (non-hydrogen) atoms. The van der Waals surface area contributed by atoms with Gasteiger partial charge in [0.15, 0.2) is 0 Å². The first-order valence-corrected chi connectivity index (χ1v) is 11.3. The number of hydrogen-bond donors (Lipinski definition) is 1. The number of carbonyl (C=O) groups excluding carboxylic acids is 1. The summed E-state index contributed by atoms with van der Waals surface area (Å²) in [7, 11) is 0. The number of carbonyl (C=O) groups is 1. The van der Waals surface area contributed by atoms with Crippen LogP contribution in [0, 0.1) is 16.0 Å². The Hall–Kier alpha value is -3.93. The van der Waals surface area contributed by atoms with E-state index in [-0.39, 0.29) is 34.4 Å². The number of fused-ring (bicyclic) bond motifs is 3. The number of rotatable bonds is 5. The van der Waals surface area contributed by atoms with Gasteiger partial charge in [-0.25, -0.2) is 0 Å². The molecule has 1 aliphatic heterocycles. The van der Waals surface area contributed by atoms with Crippen molar-refractivity contribution in [2.75, 3.05) is 16.8 Å². The molecule has 3 aromatic carbocycles. The first kappa shape index (κ1) is 20.9. The number of nitrogens with zero attached hydrogens (tertiary/aromatic N) is 2. The van der Waals surface area contributed by atoms with Gasteiger partial charge in [-0.15, -0.1) is 0 Å². The molecule has 1 amide bonds. The molecule has 1 N–H and O–H groups in total. The molecule has 6 heteroatoms. The molecule has 0 spiro atoms. The normalized spacial score (nSPS) is 20.5. The van der Waals surface area contributed by atoms with Gasteiger partial charge in [0, 0.05) is 24.2 Å². The van der Waals surface area contributed by atoms with Crippen LogP contribution in [0.25, 0.3) is 0 Å². The van der Waals surface area contributed by atoms with Crippen LogP contribution in [0.1, 0.15) is 46.8 Å². The van der Waals surface area contributed by atoms with Gasteiger partial charge >= 0.3 is 0 Å². The minimum atomic E-state index is -0.324. The Balaban J connectivity index is 1.61. The largest absolute Gasteiger partial charge is 0.377 e. The highest BCUT2D eigenvalue weighted by atomic mass is 16.6. The van der Waals surface area contributed by atoms with Crippen molar-refractivity contribution in [3.63, 3.8) is 0 Å². The summed E-state index contributed by atoms with van der Waals surface area (Å²) < 4.78 is 0. The Morgan fingerprint density at radius 2 is 1.76 bits per heavy atom. The fraction of sp³-hybridized carbons (Fsp3) is 0.222. The number of benzene rings is 3. The predicted octanol–water partition coefficient (Wildman–Crippen LogP) is 6.09. The van der Waals surface area contributed by atoms with Crippen molar-refractivity contribution in [1.29, 1.82) is 0 Å². The van der Waals surface area contributed by atoms with Gasteiger partial charge in [0.2, 0.25) is 0 Å². The topological polar surface area (TPSA) is 75.5 Å². The Morgan fingerprint density at radius 1 is 1.03 bits per heavy atom. The van der Waals surface area contributed by atoms with E-state index in [9.17, 15) is 14.9 Å². The number of para-hydroxylation sites is 3. The lowest BCUT2D eigenvalue weighted by Crippen LogP contribution is -2.34. The highest BCUT2D eigenvalue weighted by Crippen LogP contribution is 2.52. The number of amides is 1. The molecule has 0 radical (unpaired) electrons. The van der Waals surface area contributed by atoms with Crippen molar-refractivity contribution in [2.45, 2.75) is 25.3 Å². The van der Waals surface area contributed by atoms with E-state index in [2.05, 4.69) is 23.5 Å². The van der Waals surface area contributed by atoms with Crippen molar-refractivity contribution < 1.29 is 9.72 Å². The summed E-state index contributed by atoms with van der Waals surface area (Å²) in [6.45, 7) is 2.49. The second-order valence-electron chi connectivity index (χ2n) is 8.45. The molecule has 3 unspecified atom stereocenters. The average Bonchev–Trinajstić information content (AvgIpc) is 3.34. The van der Waals surface area contributed by atoms with Gasteiger partial charge in [-0.1, -0.05) is 60.7 Å².